The van der Waals surface area contributed by atoms with Gasteiger partial charge in [0.15, 0.2) is 0 Å². The first-order chi connectivity index (χ1) is 11.7. The Kier molecular flexibility index (Phi) is 4.80. The number of rotatable bonds is 4. The zero-order chi connectivity index (χ0) is 16.9. The van der Waals surface area contributed by atoms with Gasteiger partial charge in [-0.15, -0.1) is 0 Å². The Hall–Kier alpha value is -2.81. The van der Waals surface area contributed by atoms with Gasteiger partial charge in [-0.3, -0.25) is 0 Å². The van der Waals surface area contributed by atoms with Gasteiger partial charge in [0, 0.05) is 30.9 Å². The van der Waals surface area contributed by atoms with Gasteiger partial charge in [0.1, 0.15) is 12.1 Å². The molecule has 1 aliphatic rings. The van der Waals surface area contributed by atoms with E-state index in [4.69, 9.17) is 10.00 Å². The van der Waals surface area contributed by atoms with Crippen LogP contribution in [0, 0.1) is 18.3 Å². The van der Waals surface area contributed by atoms with E-state index < -0.39 is 0 Å². The summed E-state index contributed by atoms with van der Waals surface area (Å²) in [5, 5.41) is 12.5. The van der Waals surface area contributed by atoms with Crippen LogP contribution in [0.5, 0.6) is 5.88 Å². The predicted octanol–water partition coefficient (Wildman–Crippen LogP) is 2.75. The molecule has 1 aromatic carbocycles. The van der Waals surface area contributed by atoms with Crippen LogP contribution in [-0.4, -0.2) is 36.2 Å². The van der Waals surface area contributed by atoms with Crippen LogP contribution >= 0.6 is 0 Å². The summed E-state index contributed by atoms with van der Waals surface area (Å²) in [4.78, 5) is 10.6. The maximum Gasteiger partial charge on any atom is 0.218 e. The summed E-state index contributed by atoms with van der Waals surface area (Å²) in [7, 11) is 1.60. The Balaban J connectivity index is 1.59. The molecular weight excluding hydrogens is 302 g/mol. The molecule has 3 rings (SSSR count). The molecule has 0 radical (unpaired) electrons. The van der Waals surface area contributed by atoms with Crippen LogP contribution in [0.1, 0.15) is 24.0 Å². The number of aryl methyl sites for hydroxylation is 1. The minimum Gasteiger partial charge on any atom is -0.481 e. The average molecular weight is 323 g/mol. The van der Waals surface area contributed by atoms with Gasteiger partial charge < -0.3 is 15.0 Å². The third-order valence-electron chi connectivity index (χ3n) is 4.39. The summed E-state index contributed by atoms with van der Waals surface area (Å²) in [5.41, 5.74) is 2.96. The number of anilines is 2. The Morgan fingerprint density at radius 2 is 2.04 bits per heavy atom. The van der Waals surface area contributed by atoms with Crippen molar-refractivity contribution in [3.8, 4) is 11.9 Å². The first kappa shape index (κ1) is 16.1. The van der Waals surface area contributed by atoms with E-state index in [0.717, 1.165) is 42.9 Å². The number of piperidine rings is 1. The van der Waals surface area contributed by atoms with Crippen molar-refractivity contribution < 1.29 is 4.74 Å². The van der Waals surface area contributed by atoms with Crippen LogP contribution in [0.4, 0.5) is 11.5 Å². The van der Waals surface area contributed by atoms with Crippen LogP contribution in [-0.2, 0) is 0 Å². The van der Waals surface area contributed by atoms with Gasteiger partial charge >= 0.3 is 0 Å². The number of hydrogen-bond donors (Lipinski definition) is 1. The van der Waals surface area contributed by atoms with E-state index in [1.807, 2.05) is 25.1 Å². The molecule has 1 saturated heterocycles. The van der Waals surface area contributed by atoms with E-state index in [-0.39, 0.29) is 0 Å². The fraction of sp³-hybridized carbons (Fsp3) is 0.389. The third-order valence-corrected chi connectivity index (χ3v) is 4.39. The van der Waals surface area contributed by atoms with Gasteiger partial charge in [0.05, 0.1) is 18.7 Å². The third kappa shape index (κ3) is 3.57. The van der Waals surface area contributed by atoms with E-state index in [9.17, 15) is 0 Å². The minimum atomic E-state index is 0.389. The number of methoxy groups -OCH3 is 1. The molecule has 24 heavy (non-hydrogen) atoms. The lowest BCUT2D eigenvalue weighted by molar-refractivity contribution is 0.397. The molecular formula is C18H21N5O. The van der Waals surface area contributed by atoms with Crippen LogP contribution < -0.4 is 15.0 Å². The van der Waals surface area contributed by atoms with Crippen LogP contribution in [0.15, 0.2) is 30.6 Å². The average Bonchev–Trinajstić information content (AvgIpc) is 2.62. The van der Waals surface area contributed by atoms with E-state index in [0.29, 0.717) is 11.9 Å². The lowest BCUT2D eigenvalue weighted by atomic mass is 10.0. The SMILES string of the molecule is COc1cc(NC2CCN(c3ccc(C#N)c(C)c3)CC2)ncn1. The molecule has 0 atom stereocenters. The monoisotopic (exact) mass is 323 g/mol. The molecule has 0 amide bonds. The molecule has 2 aromatic rings. The van der Waals surface area contributed by atoms with Crippen molar-refractivity contribution in [2.45, 2.75) is 25.8 Å². The second-order valence-corrected chi connectivity index (χ2v) is 5.96. The maximum absolute atomic E-state index is 9.04. The Bertz CT molecular complexity index is 747. The normalized spacial score (nSPS) is 15.0. The van der Waals surface area contributed by atoms with Crippen molar-refractivity contribution in [1.29, 1.82) is 5.26 Å². The zero-order valence-corrected chi connectivity index (χ0v) is 14.0. The lowest BCUT2D eigenvalue weighted by Crippen LogP contribution is -2.39. The summed E-state index contributed by atoms with van der Waals surface area (Å²) in [5.74, 6) is 1.37. The van der Waals surface area contributed by atoms with Gasteiger partial charge in [-0.2, -0.15) is 5.26 Å². The molecule has 6 nitrogen and oxygen atoms in total. The topological polar surface area (TPSA) is 74.1 Å². The highest BCUT2D eigenvalue weighted by Gasteiger charge is 2.20. The molecule has 1 N–H and O–H groups in total. The number of ether oxygens (including phenoxy) is 1. The Morgan fingerprint density at radius 1 is 1.25 bits per heavy atom. The van der Waals surface area contributed by atoms with Gasteiger partial charge in [-0.25, -0.2) is 9.97 Å². The van der Waals surface area contributed by atoms with E-state index >= 15 is 0 Å². The number of hydrogen-bond acceptors (Lipinski definition) is 6. The summed E-state index contributed by atoms with van der Waals surface area (Å²) in [6.07, 6.45) is 3.58. The standard InChI is InChI=1S/C18H21N5O/c1-13-9-16(4-3-14(13)11-19)23-7-5-15(6-8-23)22-17-10-18(24-2)21-12-20-17/h3-4,9-10,12,15H,5-8H2,1-2H3,(H,20,21,22). The molecule has 0 aliphatic carbocycles. The van der Waals surface area contributed by atoms with Crippen molar-refractivity contribution in [3.05, 3.63) is 41.7 Å². The first-order valence-corrected chi connectivity index (χ1v) is 8.08. The number of benzene rings is 1. The summed E-state index contributed by atoms with van der Waals surface area (Å²) < 4.78 is 5.13. The summed E-state index contributed by atoms with van der Waals surface area (Å²) in [6.45, 7) is 3.94. The molecule has 124 valence electrons. The molecule has 6 heteroatoms. The van der Waals surface area contributed by atoms with E-state index in [1.165, 1.54) is 12.0 Å². The van der Waals surface area contributed by atoms with Crippen LogP contribution in [0.3, 0.4) is 0 Å². The molecule has 1 aromatic heterocycles. The number of nitrogens with one attached hydrogen (secondary N) is 1. The Morgan fingerprint density at radius 3 is 2.71 bits per heavy atom. The Labute approximate surface area is 142 Å². The molecule has 1 fully saturated rings. The summed E-state index contributed by atoms with van der Waals surface area (Å²) in [6, 6.07) is 10.5. The van der Waals surface area contributed by atoms with Gasteiger partial charge in [-0.05, 0) is 43.5 Å². The molecule has 0 unspecified atom stereocenters. The number of nitrogens with zero attached hydrogens (tertiary/aromatic N) is 4. The minimum absolute atomic E-state index is 0.389. The fourth-order valence-electron chi connectivity index (χ4n) is 2.99. The quantitative estimate of drug-likeness (QED) is 0.932. The van der Waals surface area contributed by atoms with Crippen LogP contribution in [0.2, 0.25) is 0 Å². The predicted molar refractivity (Wildman–Crippen MR) is 93.3 cm³/mol. The fourth-order valence-corrected chi connectivity index (χ4v) is 2.99. The van der Waals surface area contributed by atoms with Crippen LogP contribution in [0.25, 0.3) is 0 Å². The van der Waals surface area contributed by atoms with Crippen molar-refractivity contribution in [1.82, 2.24) is 9.97 Å². The van der Waals surface area contributed by atoms with Crippen molar-refractivity contribution >= 4 is 11.5 Å². The second-order valence-electron chi connectivity index (χ2n) is 5.96. The highest BCUT2D eigenvalue weighted by Crippen LogP contribution is 2.24. The lowest BCUT2D eigenvalue weighted by Gasteiger charge is -2.34. The second kappa shape index (κ2) is 7.18. The largest absolute Gasteiger partial charge is 0.481 e. The van der Waals surface area contributed by atoms with Crippen molar-refractivity contribution in [2.24, 2.45) is 0 Å². The maximum atomic E-state index is 9.04. The zero-order valence-electron chi connectivity index (χ0n) is 14.0. The van der Waals surface area contributed by atoms with Gasteiger partial charge in [-0.1, -0.05) is 0 Å². The molecule has 2 heterocycles. The molecule has 0 spiro atoms. The number of aromatic nitrogens is 2. The van der Waals surface area contributed by atoms with Crippen molar-refractivity contribution in [3.63, 3.8) is 0 Å². The molecule has 0 saturated carbocycles. The molecule has 0 bridgehead atoms. The van der Waals surface area contributed by atoms with E-state index in [2.05, 4.69) is 32.3 Å². The van der Waals surface area contributed by atoms with Gasteiger partial charge in [0.25, 0.3) is 0 Å². The summed E-state index contributed by atoms with van der Waals surface area (Å²) >= 11 is 0. The highest BCUT2D eigenvalue weighted by atomic mass is 16.5. The molecule has 1 aliphatic heterocycles. The van der Waals surface area contributed by atoms with Crippen molar-refractivity contribution in [2.75, 3.05) is 30.4 Å². The van der Waals surface area contributed by atoms with Gasteiger partial charge in [0.2, 0.25) is 5.88 Å². The highest BCUT2D eigenvalue weighted by molar-refractivity contribution is 5.54. The van der Waals surface area contributed by atoms with E-state index in [1.54, 1.807) is 7.11 Å². The number of nitriles is 1. The first-order valence-electron chi connectivity index (χ1n) is 8.08. The smallest absolute Gasteiger partial charge is 0.218 e.